The average Bonchev–Trinajstić information content (AvgIpc) is 2.99. The Bertz CT molecular complexity index is 950. The highest BCUT2D eigenvalue weighted by atomic mass is 32.2. The molecule has 3 aromatic heterocycles. The molecular formula is C17H14N4S3. The molecule has 0 aliphatic heterocycles. The van der Waals surface area contributed by atoms with Crippen molar-refractivity contribution in [1.29, 1.82) is 0 Å². The molecule has 4 nitrogen and oxygen atoms in total. The van der Waals surface area contributed by atoms with Gasteiger partial charge in [0.1, 0.15) is 5.82 Å². The summed E-state index contributed by atoms with van der Waals surface area (Å²) in [7, 11) is 0. The fourth-order valence-corrected chi connectivity index (χ4v) is 5.53. The van der Waals surface area contributed by atoms with E-state index < -0.39 is 0 Å². The minimum atomic E-state index is 0.562. The number of hydrogen-bond acceptors (Lipinski definition) is 6. The third-order valence-electron chi connectivity index (χ3n) is 4.01. The maximum absolute atomic E-state index is 4.72. The summed E-state index contributed by atoms with van der Waals surface area (Å²) in [5, 5.41) is 12.0. The van der Waals surface area contributed by atoms with Crippen LogP contribution in [0.25, 0.3) is 10.2 Å². The van der Waals surface area contributed by atoms with Gasteiger partial charge in [-0.25, -0.2) is 4.98 Å². The van der Waals surface area contributed by atoms with Gasteiger partial charge in [-0.1, -0.05) is 18.2 Å². The van der Waals surface area contributed by atoms with Crippen LogP contribution in [0, 0.1) is 0 Å². The third-order valence-corrected chi connectivity index (χ3v) is 6.95. The molecule has 0 bridgehead atoms. The van der Waals surface area contributed by atoms with Gasteiger partial charge in [0.2, 0.25) is 0 Å². The second-order valence-corrected chi connectivity index (χ2v) is 9.08. The summed E-state index contributed by atoms with van der Waals surface area (Å²) >= 11 is 5.14. The van der Waals surface area contributed by atoms with Crippen LogP contribution in [0.15, 0.2) is 51.3 Å². The lowest BCUT2D eigenvalue weighted by atomic mass is 10.3. The van der Waals surface area contributed by atoms with Gasteiger partial charge in [0.05, 0.1) is 10.2 Å². The van der Waals surface area contributed by atoms with E-state index in [0.29, 0.717) is 6.04 Å². The van der Waals surface area contributed by atoms with Gasteiger partial charge in [-0.15, -0.1) is 32.9 Å². The van der Waals surface area contributed by atoms with E-state index in [9.17, 15) is 0 Å². The zero-order valence-electron chi connectivity index (χ0n) is 12.8. The highest BCUT2D eigenvalue weighted by molar-refractivity contribution is 8.01. The molecule has 1 aliphatic rings. The van der Waals surface area contributed by atoms with Crippen molar-refractivity contribution in [2.75, 3.05) is 0 Å². The van der Waals surface area contributed by atoms with Crippen molar-refractivity contribution in [1.82, 2.24) is 19.7 Å². The van der Waals surface area contributed by atoms with Crippen molar-refractivity contribution in [3.63, 3.8) is 0 Å². The lowest BCUT2D eigenvalue weighted by molar-refractivity contribution is 0.635. The number of thiazole rings is 1. The molecule has 120 valence electrons. The smallest absolute Gasteiger partial charge is 0.198 e. The Morgan fingerprint density at radius 1 is 1.12 bits per heavy atom. The molecule has 0 spiro atoms. The Morgan fingerprint density at radius 3 is 2.83 bits per heavy atom. The number of hydrogen-bond donors (Lipinski definition) is 0. The Morgan fingerprint density at radius 2 is 2.04 bits per heavy atom. The first-order valence-corrected chi connectivity index (χ1v) is 10.4. The molecule has 24 heavy (non-hydrogen) atoms. The van der Waals surface area contributed by atoms with Crippen LogP contribution in [0.4, 0.5) is 0 Å². The van der Waals surface area contributed by atoms with Crippen molar-refractivity contribution in [3.05, 3.63) is 52.5 Å². The molecule has 3 heterocycles. The molecule has 0 radical (unpaired) electrons. The first-order chi connectivity index (χ1) is 11.9. The first kappa shape index (κ1) is 14.6. The summed E-state index contributed by atoms with van der Waals surface area (Å²) in [6, 6.07) is 13.1. The van der Waals surface area contributed by atoms with E-state index >= 15 is 0 Å². The monoisotopic (exact) mass is 370 g/mol. The van der Waals surface area contributed by atoms with Crippen LogP contribution in [-0.2, 0) is 6.42 Å². The van der Waals surface area contributed by atoms with Gasteiger partial charge in [0.25, 0.3) is 0 Å². The first-order valence-electron chi connectivity index (χ1n) is 7.86. The van der Waals surface area contributed by atoms with E-state index in [4.69, 9.17) is 4.98 Å². The average molecular weight is 371 g/mol. The van der Waals surface area contributed by atoms with Crippen molar-refractivity contribution in [2.45, 2.75) is 34.8 Å². The van der Waals surface area contributed by atoms with E-state index in [0.717, 1.165) is 27.3 Å². The van der Waals surface area contributed by atoms with Gasteiger partial charge in [-0.05, 0) is 48.2 Å². The van der Waals surface area contributed by atoms with Gasteiger partial charge >= 0.3 is 0 Å². The molecule has 7 heteroatoms. The van der Waals surface area contributed by atoms with Gasteiger partial charge in [0, 0.05) is 17.3 Å². The number of fused-ring (bicyclic) bond motifs is 1. The van der Waals surface area contributed by atoms with Crippen LogP contribution < -0.4 is 0 Å². The Kier molecular flexibility index (Phi) is 3.65. The highest BCUT2D eigenvalue weighted by Crippen LogP contribution is 2.41. The van der Waals surface area contributed by atoms with Crippen molar-refractivity contribution in [2.24, 2.45) is 0 Å². The summed E-state index contributed by atoms with van der Waals surface area (Å²) in [6.07, 6.45) is 3.31. The maximum Gasteiger partial charge on any atom is 0.198 e. The van der Waals surface area contributed by atoms with Gasteiger partial charge in [-0.3, -0.25) is 0 Å². The van der Waals surface area contributed by atoms with Crippen molar-refractivity contribution in [3.8, 4) is 0 Å². The second kappa shape index (κ2) is 5.98. The fourth-order valence-electron chi connectivity index (χ4n) is 2.74. The Balaban J connectivity index is 1.47. The van der Waals surface area contributed by atoms with E-state index in [1.165, 1.54) is 22.4 Å². The number of rotatable bonds is 5. The fraction of sp³-hybridized carbons (Fsp3) is 0.235. The minimum absolute atomic E-state index is 0.562. The standard InChI is InChI=1S/C17H14N4S3/c1-2-6-14-13(5-1)18-17(23-14)24-16-20-19-15(21(16)11-7-8-11)10-12-4-3-9-22-12/h1-6,9,11H,7-8,10H2. The molecule has 0 saturated heterocycles. The van der Waals surface area contributed by atoms with Crippen molar-refractivity contribution < 1.29 is 0 Å². The number of thiophene rings is 1. The third kappa shape index (κ3) is 2.76. The number of aromatic nitrogens is 4. The lowest BCUT2D eigenvalue weighted by Gasteiger charge is -2.06. The quantitative estimate of drug-likeness (QED) is 0.494. The predicted octanol–water partition coefficient (Wildman–Crippen LogP) is 5.03. The summed E-state index contributed by atoms with van der Waals surface area (Å²) in [6.45, 7) is 0. The predicted molar refractivity (Wildman–Crippen MR) is 99.2 cm³/mol. The van der Waals surface area contributed by atoms with E-state index in [1.54, 1.807) is 34.4 Å². The molecule has 0 atom stereocenters. The van der Waals surface area contributed by atoms with E-state index in [-0.39, 0.29) is 0 Å². The molecule has 0 N–H and O–H groups in total. The topological polar surface area (TPSA) is 43.6 Å². The molecular weight excluding hydrogens is 356 g/mol. The maximum atomic E-state index is 4.72. The summed E-state index contributed by atoms with van der Waals surface area (Å²) in [5.74, 6) is 1.07. The Labute approximate surface area is 151 Å². The Hall–Kier alpha value is -1.70. The molecule has 5 rings (SSSR count). The molecule has 1 saturated carbocycles. The van der Waals surface area contributed by atoms with Crippen LogP contribution in [0.3, 0.4) is 0 Å². The largest absolute Gasteiger partial charge is 0.302 e. The van der Waals surface area contributed by atoms with Crippen LogP contribution in [0.1, 0.15) is 29.6 Å². The second-order valence-electron chi connectivity index (χ2n) is 5.81. The zero-order valence-corrected chi connectivity index (χ0v) is 15.2. The van der Waals surface area contributed by atoms with Crippen LogP contribution in [-0.4, -0.2) is 19.7 Å². The number of para-hydroxylation sites is 1. The van der Waals surface area contributed by atoms with Crippen LogP contribution in [0.2, 0.25) is 0 Å². The summed E-state index contributed by atoms with van der Waals surface area (Å²) in [5.41, 5.74) is 1.06. The normalized spacial score (nSPS) is 14.5. The van der Waals surface area contributed by atoms with Crippen LogP contribution >= 0.6 is 34.4 Å². The molecule has 1 fully saturated rings. The molecule has 1 aliphatic carbocycles. The molecule has 0 unspecified atom stereocenters. The lowest BCUT2D eigenvalue weighted by Crippen LogP contribution is -2.03. The van der Waals surface area contributed by atoms with Crippen LogP contribution in [0.5, 0.6) is 0 Å². The zero-order chi connectivity index (χ0) is 15.9. The van der Waals surface area contributed by atoms with E-state index in [1.807, 2.05) is 6.07 Å². The molecule has 0 amide bonds. The van der Waals surface area contributed by atoms with E-state index in [2.05, 4.69) is 50.5 Å². The minimum Gasteiger partial charge on any atom is -0.302 e. The summed E-state index contributed by atoms with van der Waals surface area (Å²) in [4.78, 5) is 6.05. The number of benzene rings is 1. The SMILES string of the molecule is c1csc(Cc2nnc(Sc3nc4ccccc4s3)n2C2CC2)c1. The molecule has 4 aromatic rings. The van der Waals surface area contributed by atoms with Gasteiger partial charge in [-0.2, -0.15) is 0 Å². The highest BCUT2D eigenvalue weighted by Gasteiger charge is 2.30. The van der Waals surface area contributed by atoms with Gasteiger partial charge in [0.15, 0.2) is 9.50 Å². The van der Waals surface area contributed by atoms with Crippen molar-refractivity contribution >= 4 is 44.7 Å². The number of nitrogens with zero attached hydrogens (tertiary/aromatic N) is 4. The van der Waals surface area contributed by atoms with Gasteiger partial charge < -0.3 is 4.57 Å². The molecule has 1 aromatic carbocycles. The summed E-state index contributed by atoms with van der Waals surface area (Å²) < 4.78 is 4.58.